The van der Waals surface area contributed by atoms with Crippen molar-refractivity contribution < 1.29 is 4.74 Å². The zero-order valence-electron chi connectivity index (χ0n) is 14.6. The Hall–Kier alpha value is -2.15. The zero-order chi connectivity index (χ0) is 19.0. The van der Waals surface area contributed by atoms with Crippen LogP contribution in [0.3, 0.4) is 0 Å². The van der Waals surface area contributed by atoms with Gasteiger partial charge in [0.2, 0.25) is 0 Å². The largest absolute Gasteiger partial charge is 0.495 e. The predicted molar refractivity (Wildman–Crippen MR) is 117 cm³/mol. The van der Waals surface area contributed by atoms with Gasteiger partial charge in [0.15, 0.2) is 0 Å². The molecule has 4 rings (SSSR count). The molecule has 2 aromatic carbocycles. The number of methoxy groups -OCH3 is 1. The van der Waals surface area contributed by atoms with E-state index in [1.165, 1.54) is 0 Å². The van der Waals surface area contributed by atoms with Crippen LogP contribution in [0, 0.1) is 6.92 Å². The van der Waals surface area contributed by atoms with Crippen molar-refractivity contribution in [1.29, 1.82) is 0 Å². The fraction of sp³-hybridized carbons (Fsp3) is 0.100. The number of fused-ring (bicyclic) bond motifs is 1. The Morgan fingerprint density at radius 1 is 1.15 bits per heavy atom. The summed E-state index contributed by atoms with van der Waals surface area (Å²) in [7, 11) is 1.62. The third kappa shape index (κ3) is 3.52. The molecule has 7 heteroatoms. The van der Waals surface area contributed by atoms with Crippen LogP contribution in [0.2, 0.25) is 5.02 Å². The van der Waals surface area contributed by atoms with E-state index >= 15 is 0 Å². The van der Waals surface area contributed by atoms with Crippen LogP contribution in [0.25, 0.3) is 21.3 Å². The Labute approximate surface area is 174 Å². The maximum atomic E-state index is 6.23. The lowest BCUT2D eigenvalue weighted by molar-refractivity contribution is 0.416. The Balaban J connectivity index is 1.85. The normalized spacial score (nSPS) is 11.0. The zero-order valence-corrected chi connectivity index (χ0v) is 17.7. The molecule has 0 saturated heterocycles. The van der Waals surface area contributed by atoms with E-state index in [4.69, 9.17) is 16.3 Å². The molecule has 2 heterocycles. The SMILES string of the molecule is COc1cc(Cl)c(C)cc1Nc1ncnc2scc(-c3ccc(Br)cc3)c12. The summed E-state index contributed by atoms with van der Waals surface area (Å²) < 4.78 is 6.53. The van der Waals surface area contributed by atoms with Crippen LogP contribution in [0.1, 0.15) is 5.56 Å². The average molecular weight is 461 g/mol. The molecule has 1 N–H and O–H groups in total. The molecule has 27 heavy (non-hydrogen) atoms. The number of thiophene rings is 1. The van der Waals surface area contributed by atoms with Crippen molar-refractivity contribution in [2.45, 2.75) is 6.92 Å². The molecular formula is C20H15BrClN3OS. The van der Waals surface area contributed by atoms with Gasteiger partial charge in [-0.3, -0.25) is 0 Å². The smallest absolute Gasteiger partial charge is 0.143 e. The molecule has 0 bridgehead atoms. The second kappa shape index (κ2) is 7.46. The first-order chi connectivity index (χ1) is 13.1. The Morgan fingerprint density at radius 3 is 2.67 bits per heavy atom. The number of benzene rings is 2. The van der Waals surface area contributed by atoms with E-state index in [1.54, 1.807) is 30.8 Å². The van der Waals surface area contributed by atoms with Gasteiger partial charge in [0.05, 0.1) is 18.2 Å². The first kappa shape index (κ1) is 18.2. The highest BCUT2D eigenvalue weighted by atomic mass is 79.9. The molecule has 136 valence electrons. The average Bonchev–Trinajstić information content (AvgIpc) is 3.10. The lowest BCUT2D eigenvalue weighted by Crippen LogP contribution is -1.99. The molecule has 0 aliphatic carbocycles. The second-order valence-corrected chi connectivity index (χ2v) is 8.17. The van der Waals surface area contributed by atoms with Crippen LogP contribution in [0.5, 0.6) is 5.75 Å². The molecule has 0 spiro atoms. The lowest BCUT2D eigenvalue weighted by atomic mass is 10.1. The molecule has 0 aliphatic rings. The first-order valence-corrected chi connectivity index (χ1v) is 10.2. The number of hydrogen-bond acceptors (Lipinski definition) is 5. The minimum absolute atomic E-state index is 0.663. The fourth-order valence-corrected chi connectivity index (χ4v) is 4.20. The summed E-state index contributed by atoms with van der Waals surface area (Å²) in [6.45, 7) is 1.96. The van der Waals surface area contributed by atoms with Crippen LogP contribution < -0.4 is 10.1 Å². The quantitative estimate of drug-likeness (QED) is 0.362. The molecule has 0 fully saturated rings. The fourth-order valence-electron chi connectivity index (χ4n) is 2.87. The third-order valence-corrected chi connectivity index (χ3v) is 6.08. The molecule has 0 radical (unpaired) electrons. The van der Waals surface area contributed by atoms with E-state index in [0.717, 1.165) is 42.9 Å². The minimum Gasteiger partial charge on any atom is -0.495 e. The van der Waals surface area contributed by atoms with Crippen molar-refractivity contribution in [3.05, 3.63) is 63.2 Å². The number of aromatic nitrogens is 2. The number of halogens is 2. The summed E-state index contributed by atoms with van der Waals surface area (Å²) in [5, 5.41) is 7.16. The summed E-state index contributed by atoms with van der Waals surface area (Å²) in [6.07, 6.45) is 1.57. The van der Waals surface area contributed by atoms with Crippen molar-refractivity contribution in [3.63, 3.8) is 0 Å². The van der Waals surface area contributed by atoms with Crippen molar-refractivity contribution in [2.75, 3.05) is 12.4 Å². The van der Waals surface area contributed by atoms with E-state index in [9.17, 15) is 0 Å². The molecule has 0 amide bonds. The summed E-state index contributed by atoms with van der Waals surface area (Å²) in [5.41, 5.74) is 3.98. The van der Waals surface area contributed by atoms with Gasteiger partial charge in [0.1, 0.15) is 22.7 Å². The monoisotopic (exact) mass is 459 g/mol. The molecular weight excluding hydrogens is 446 g/mol. The van der Waals surface area contributed by atoms with Gasteiger partial charge in [0.25, 0.3) is 0 Å². The second-order valence-electron chi connectivity index (χ2n) is 5.99. The standard InChI is InChI=1S/C20H15BrClN3OS/c1-11-7-16(17(26-2)8-15(11)22)25-19-18-14(9-27-20(18)24-10-23-19)12-3-5-13(21)6-4-12/h3-10H,1-2H3,(H,23,24,25). The van der Waals surface area contributed by atoms with E-state index in [1.807, 2.05) is 25.1 Å². The van der Waals surface area contributed by atoms with Gasteiger partial charge in [0, 0.05) is 26.5 Å². The number of hydrogen-bond donors (Lipinski definition) is 1. The number of anilines is 2. The van der Waals surface area contributed by atoms with Gasteiger partial charge in [-0.05, 0) is 36.2 Å². The third-order valence-electron chi connectivity index (χ3n) is 4.26. The Bertz CT molecular complexity index is 1130. The van der Waals surface area contributed by atoms with Gasteiger partial charge in [-0.25, -0.2) is 9.97 Å². The summed E-state index contributed by atoms with van der Waals surface area (Å²) in [6, 6.07) is 12.0. The lowest BCUT2D eigenvalue weighted by Gasteiger charge is -2.14. The highest BCUT2D eigenvalue weighted by molar-refractivity contribution is 9.10. The van der Waals surface area contributed by atoms with Gasteiger partial charge in [-0.1, -0.05) is 39.7 Å². The number of rotatable bonds is 4. The van der Waals surface area contributed by atoms with Crippen LogP contribution in [0.4, 0.5) is 11.5 Å². The first-order valence-electron chi connectivity index (χ1n) is 8.16. The van der Waals surface area contributed by atoms with Crippen molar-refractivity contribution in [1.82, 2.24) is 9.97 Å². The molecule has 0 atom stereocenters. The molecule has 4 nitrogen and oxygen atoms in total. The summed E-state index contributed by atoms with van der Waals surface area (Å²) in [4.78, 5) is 9.85. The summed E-state index contributed by atoms with van der Waals surface area (Å²) >= 11 is 11.3. The van der Waals surface area contributed by atoms with Crippen molar-refractivity contribution >= 4 is 60.6 Å². The number of aryl methyl sites for hydroxylation is 1. The van der Waals surface area contributed by atoms with E-state index < -0.39 is 0 Å². The maximum Gasteiger partial charge on any atom is 0.143 e. The highest BCUT2D eigenvalue weighted by Gasteiger charge is 2.15. The molecule has 0 aliphatic heterocycles. The number of ether oxygens (including phenoxy) is 1. The molecule has 0 saturated carbocycles. The van der Waals surface area contributed by atoms with E-state index in [2.05, 4.69) is 48.7 Å². The highest BCUT2D eigenvalue weighted by Crippen LogP contribution is 2.39. The van der Waals surface area contributed by atoms with Crippen molar-refractivity contribution in [2.24, 2.45) is 0 Å². The van der Waals surface area contributed by atoms with Crippen LogP contribution in [-0.2, 0) is 0 Å². The van der Waals surface area contributed by atoms with Crippen molar-refractivity contribution in [3.8, 4) is 16.9 Å². The maximum absolute atomic E-state index is 6.23. The summed E-state index contributed by atoms with van der Waals surface area (Å²) in [5.74, 6) is 1.40. The molecule has 2 aromatic heterocycles. The Kier molecular flexibility index (Phi) is 5.04. The van der Waals surface area contributed by atoms with Crippen LogP contribution >= 0.6 is 38.9 Å². The minimum atomic E-state index is 0.663. The Morgan fingerprint density at radius 2 is 1.93 bits per heavy atom. The van der Waals surface area contributed by atoms with E-state index in [0.29, 0.717) is 10.8 Å². The van der Waals surface area contributed by atoms with Gasteiger partial charge >= 0.3 is 0 Å². The van der Waals surface area contributed by atoms with Crippen LogP contribution in [-0.4, -0.2) is 17.1 Å². The topological polar surface area (TPSA) is 47.0 Å². The number of nitrogens with one attached hydrogen (secondary N) is 1. The van der Waals surface area contributed by atoms with Gasteiger partial charge in [-0.2, -0.15) is 0 Å². The van der Waals surface area contributed by atoms with Crippen LogP contribution in [0.15, 0.2) is 52.6 Å². The number of nitrogens with zero attached hydrogens (tertiary/aromatic N) is 2. The van der Waals surface area contributed by atoms with Gasteiger partial charge in [-0.15, -0.1) is 11.3 Å². The molecule has 0 unspecified atom stereocenters. The predicted octanol–water partition coefficient (Wildman–Crippen LogP) is 6.83. The van der Waals surface area contributed by atoms with E-state index in [-0.39, 0.29) is 0 Å². The van der Waals surface area contributed by atoms with Gasteiger partial charge < -0.3 is 10.1 Å². The molecule has 4 aromatic rings.